The third-order valence-electron chi connectivity index (χ3n) is 4.79. The lowest BCUT2D eigenvalue weighted by atomic mass is 10.1. The van der Waals surface area contributed by atoms with Crippen molar-refractivity contribution in [3.8, 4) is 17.2 Å². The smallest absolute Gasteiger partial charge is 0.251 e. The normalized spacial score (nSPS) is 10.8. The highest BCUT2D eigenvalue weighted by Gasteiger charge is 2.17. The van der Waals surface area contributed by atoms with Gasteiger partial charge in [-0.15, -0.1) is 0 Å². The molecular weight excluding hydrogens is 448 g/mol. The molecule has 0 saturated heterocycles. The fourth-order valence-electron chi connectivity index (χ4n) is 3.19. The molecule has 3 aromatic rings. The van der Waals surface area contributed by atoms with E-state index in [0.29, 0.717) is 65.7 Å². The Morgan fingerprint density at radius 1 is 1.06 bits per heavy atom. The van der Waals surface area contributed by atoms with Crippen LogP contribution < -0.4 is 24.8 Å². The minimum absolute atomic E-state index is 0.271. The molecular formula is C21H28N6O5S. The Bertz CT molecular complexity index is 1080. The zero-order valence-electron chi connectivity index (χ0n) is 19.3. The first-order chi connectivity index (χ1) is 16.1. The van der Waals surface area contributed by atoms with Gasteiger partial charge in [-0.05, 0) is 18.4 Å². The summed E-state index contributed by atoms with van der Waals surface area (Å²) in [5, 5.41) is 12.0. The Balaban J connectivity index is 1.73. The topological polar surface area (TPSA) is 122 Å². The highest BCUT2D eigenvalue weighted by atomic mass is 32.2. The quantitative estimate of drug-likeness (QED) is 0.228. The molecule has 0 aliphatic rings. The standard InChI is InChI=1S/C21H28N6O5S/c1-29-9-7-22-18-14-12-24-27(19(14)26-21(25-18)33-5)8-6-23-20(28)13-10-15(30-2)17(32-4)16(11-13)31-3/h10-12H,6-9H2,1-5H3,(H,23,28)(H,22,25,26). The van der Waals surface area contributed by atoms with Crippen LogP contribution in [0.1, 0.15) is 10.4 Å². The highest BCUT2D eigenvalue weighted by molar-refractivity contribution is 7.98. The van der Waals surface area contributed by atoms with Crippen LogP contribution in [0.5, 0.6) is 17.2 Å². The number of methoxy groups -OCH3 is 4. The van der Waals surface area contributed by atoms with Gasteiger partial charge in [0.25, 0.3) is 5.91 Å². The number of rotatable bonds is 12. The zero-order chi connectivity index (χ0) is 23.8. The van der Waals surface area contributed by atoms with Gasteiger partial charge >= 0.3 is 0 Å². The van der Waals surface area contributed by atoms with Crippen molar-refractivity contribution in [2.45, 2.75) is 11.7 Å². The van der Waals surface area contributed by atoms with Gasteiger partial charge in [-0.25, -0.2) is 14.6 Å². The number of fused-ring (bicyclic) bond motifs is 1. The number of nitrogens with zero attached hydrogens (tertiary/aromatic N) is 4. The molecule has 2 aromatic heterocycles. The SMILES string of the molecule is COCCNc1nc(SC)nc2c1cnn2CCNC(=O)c1cc(OC)c(OC)c(OC)c1. The van der Waals surface area contributed by atoms with Gasteiger partial charge in [0.15, 0.2) is 22.3 Å². The molecule has 1 amide bonds. The average Bonchev–Trinajstić information content (AvgIpc) is 3.25. The molecule has 0 spiro atoms. The van der Waals surface area contributed by atoms with Crippen molar-refractivity contribution in [2.24, 2.45) is 0 Å². The zero-order valence-corrected chi connectivity index (χ0v) is 20.1. The second-order valence-corrected chi connectivity index (χ2v) is 7.53. The number of hydrogen-bond acceptors (Lipinski definition) is 10. The number of carbonyl (C=O) groups excluding carboxylic acids is 1. The molecule has 0 fully saturated rings. The second-order valence-electron chi connectivity index (χ2n) is 6.75. The van der Waals surface area contributed by atoms with Crippen LogP contribution in [0.15, 0.2) is 23.5 Å². The summed E-state index contributed by atoms with van der Waals surface area (Å²) >= 11 is 1.45. The highest BCUT2D eigenvalue weighted by Crippen LogP contribution is 2.38. The molecule has 178 valence electrons. The van der Waals surface area contributed by atoms with Crippen molar-refractivity contribution < 1.29 is 23.7 Å². The lowest BCUT2D eigenvalue weighted by Crippen LogP contribution is -2.27. The summed E-state index contributed by atoms with van der Waals surface area (Å²) in [6.07, 6.45) is 3.63. The maximum Gasteiger partial charge on any atom is 0.251 e. The Hall–Kier alpha value is -3.25. The Labute approximate surface area is 196 Å². The minimum Gasteiger partial charge on any atom is -0.493 e. The third-order valence-corrected chi connectivity index (χ3v) is 5.34. The van der Waals surface area contributed by atoms with Crippen LogP contribution >= 0.6 is 11.8 Å². The molecule has 0 aliphatic carbocycles. The summed E-state index contributed by atoms with van der Waals surface area (Å²) in [5.74, 6) is 1.68. The van der Waals surface area contributed by atoms with Crippen LogP contribution in [0.4, 0.5) is 5.82 Å². The van der Waals surface area contributed by atoms with Crippen molar-refractivity contribution in [3.63, 3.8) is 0 Å². The first-order valence-electron chi connectivity index (χ1n) is 10.1. The Morgan fingerprint density at radius 2 is 1.79 bits per heavy atom. The van der Waals surface area contributed by atoms with Gasteiger partial charge in [-0.2, -0.15) is 5.10 Å². The Morgan fingerprint density at radius 3 is 2.39 bits per heavy atom. The molecule has 0 aliphatic heterocycles. The lowest BCUT2D eigenvalue weighted by molar-refractivity contribution is 0.0951. The molecule has 2 N–H and O–H groups in total. The van der Waals surface area contributed by atoms with Crippen molar-refractivity contribution in [1.82, 2.24) is 25.1 Å². The number of ether oxygens (including phenoxy) is 4. The molecule has 3 rings (SSSR count). The molecule has 0 bridgehead atoms. The largest absolute Gasteiger partial charge is 0.493 e. The van der Waals surface area contributed by atoms with Crippen LogP contribution in [0.3, 0.4) is 0 Å². The molecule has 11 nitrogen and oxygen atoms in total. The molecule has 0 unspecified atom stereocenters. The maximum absolute atomic E-state index is 12.7. The molecule has 0 atom stereocenters. The van der Waals surface area contributed by atoms with Gasteiger partial charge in [0.2, 0.25) is 5.75 Å². The Kier molecular flexibility index (Phi) is 8.55. The fourth-order valence-corrected chi connectivity index (χ4v) is 3.55. The predicted molar refractivity (Wildman–Crippen MR) is 126 cm³/mol. The summed E-state index contributed by atoms with van der Waals surface area (Å²) in [7, 11) is 6.17. The fraction of sp³-hybridized carbons (Fsp3) is 0.429. The second kappa shape index (κ2) is 11.6. The first-order valence-corrected chi connectivity index (χ1v) is 11.4. The van der Waals surface area contributed by atoms with Crippen molar-refractivity contribution in [2.75, 3.05) is 59.7 Å². The molecule has 12 heteroatoms. The monoisotopic (exact) mass is 476 g/mol. The molecule has 1 aromatic carbocycles. The maximum atomic E-state index is 12.7. The summed E-state index contributed by atoms with van der Waals surface area (Å²) in [4.78, 5) is 21.8. The lowest BCUT2D eigenvalue weighted by Gasteiger charge is -2.14. The number of hydrogen-bond donors (Lipinski definition) is 2. The van der Waals surface area contributed by atoms with Crippen LogP contribution in [0.25, 0.3) is 11.0 Å². The van der Waals surface area contributed by atoms with E-state index in [2.05, 4.69) is 25.7 Å². The number of thioether (sulfide) groups is 1. The van der Waals surface area contributed by atoms with Crippen molar-refractivity contribution in [3.05, 3.63) is 23.9 Å². The third kappa shape index (κ3) is 5.57. The summed E-state index contributed by atoms with van der Waals surface area (Å²) < 4.78 is 22.8. The number of amides is 1. The van der Waals surface area contributed by atoms with E-state index in [1.54, 1.807) is 30.1 Å². The van der Waals surface area contributed by atoms with Crippen LogP contribution in [0.2, 0.25) is 0 Å². The predicted octanol–water partition coefficient (Wildman–Crippen LogP) is 2.06. The average molecular weight is 477 g/mol. The summed E-state index contributed by atoms with van der Waals surface area (Å²) in [6.45, 7) is 1.95. The molecule has 2 heterocycles. The minimum atomic E-state index is -0.271. The van der Waals surface area contributed by atoms with E-state index in [1.807, 2.05) is 6.26 Å². The van der Waals surface area contributed by atoms with E-state index < -0.39 is 0 Å². The van der Waals surface area contributed by atoms with E-state index >= 15 is 0 Å². The van der Waals surface area contributed by atoms with E-state index in [9.17, 15) is 4.79 Å². The van der Waals surface area contributed by atoms with Crippen LogP contribution in [-0.2, 0) is 11.3 Å². The van der Waals surface area contributed by atoms with E-state index in [4.69, 9.17) is 18.9 Å². The van der Waals surface area contributed by atoms with Gasteiger partial charge in [-0.1, -0.05) is 11.8 Å². The number of carbonyl (C=O) groups is 1. The van der Waals surface area contributed by atoms with Crippen LogP contribution in [0, 0.1) is 0 Å². The number of aromatic nitrogens is 4. The number of benzene rings is 1. The van der Waals surface area contributed by atoms with Crippen LogP contribution in [-0.4, -0.2) is 80.0 Å². The molecule has 0 saturated carbocycles. The molecule has 33 heavy (non-hydrogen) atoms. The van der Waals surface area contributed by atoms with E-state index in [1.165, 1.54) is 33.1 Å². The van der Waals surface area contributed by atoms with Gasteiger partial charge in [-0.3, -0.25) is 4.79 Å². The van der Waals surface area contributed by atoms with Gasteiger partial charge in [0, 0.05) is 25.8 Å². The van der Waals surface area contributed by atoms with Crippen molar-refractivity contribution in [1.29, 1.82) is 0 Å². The molecule has 0 radical (unpaired) electrons. The van der Waals surface area contributed by atoms with Gasteiger partial charge in [0.1, 0.15) is 5.82 Å². The summed E-state index contributed by atoms with van der Waals surface area (Å²) in [5.41, 5.74) is 1.09. The van der Waals surface area contributed by atoms with Crippen molar-refractivity contribution >= 4 is 34.5 Å². The van der Waals surface area contributed by atoms with Gasteiger partial charge in [0.05, 0.1) is 46.1 Å². The first kappa shape index (κ1) is 24.4. The van der Waals surface area contributed by atoms with Gasteiger partial charge < -0.3 is 29.6 Å². The number of nitrogens with one attached hydrogen (secondary N) is 2. The van der Waals surface area contributed by atoms with E-state index in [-0.39, 0.29) is 5.91 Å². The number of anilines is 1. The van der Waals surface area contributed by atoms with E-state index in [0.717, 1.165) is 5.39 Å². The summed E-state index contributed by atoms with van der Waals surface area (Å²) in [6, 6.07) is 3.21.